The second kappa shape index (κ2) is 4.31. The van der Waals surface area contributed by atoms with Crippen LogP contribution in [0.2, 0.25) is 0 Å². The number of hydrogen-bond acceptors (Lipinski definition) is 2. The lowest BCUT2D eigenvalue weighted by molar-refractivity contribution is 0.739. The van der Waals surface area contributed by atoms with Gasteiger partial charge in [0.2, 0.25) is 0 Å². The summed E-state index contributed by atoms with van der Waals surface area (Å²) in [7, 11) is 0. The first-order chi connectivity index (χ1) is 7.16. The molecule has 2 heteroatoms. The Morgan fingerprint density at radius 1 is 1.47 bits per heavy atom. The van der Waals surface area contributed by atoms with Crippen LogP contribution in [-0.2, 0) is 0 Å². The summed E-state index contributed by atoms with van der Waals surface area (Å²) in [6.45, 7) is 6.63. The highest BCUT2D eigenvalue weighted by Crippen LogP contribution is 2.30. The molecule has 1 aromatic rings. The number of rotatable bonds is 2. The molecule has 15 heavy (non-hydrogen) atoms. The Bertz CT molecular complexity index is 398. The van der Waals surface area contributed by atoms with Gasteiger partial charge in [-0.1, -0.05) is 39.0 Å². The molecule has 1 aliphatic carbocycles. The minimum absolute atomic E-state index is 0.538. The van der Waals surface area contributed by atoms with Crippen molar-refractivity contribution in [3.8, 4) is 0 Å². The predicted octanol–water partition coefficient (Wildman–Crippen LogP) is 4.25. The summed E-state index contributed by atoms with van der Waals surface area (Å²) < 4.78 is 0. The second-order valence-electron chi connectivity index (χ2n) is 4.45. The van der Waals surface area contributed by atoms with Gasteiger partial charge < -0.3 is 0 Å². The zero-order valence-electron chi connectivity index (χ0n) is 9.53. The van der Waals surface area contributed by atoms with Crippen molar-refractivity contribution in [2.24, 2.45) is 5.92 Å². The highest BCUT2D eigenvalue weighted by atomic mass is 32.1. The maximum absolute atomic E-state index is 4.45. The van der Waals surface area contributed by atoms with Crippen LogP contribution in [0.4, 0.5) is 0 Å². The fraction of sp³-hybridized carbons (Fsp3) is 0.462. The van der Waals surface area contributed by atoms with E-state index in [-0.39, 0.29) is 0 Å². The average molecular weight is 219 g/mol. The first kappa shape index (κ1) is 10.6. The fourth-order valence-corrected chi connectivity index (χ4v) is 2.54. The molecule has 0 fully saturated rings. The van der Waals surface area contributed by atoms with Gasteiger partial charge in [0.1, 0.15) is 0 Å². The number of aromatic nitrogens is 1. The Hall–Kier alpha value is -0.890. The minimum Gasteiger partial charge on any atom is -0.249 e. The van der Waals surface area contributed by atoms with Crippen LogP contribution in [0.5, 0.6) is 0 Å². The van der Waals surface area contributed by atoms with E-state index in [1.807, 2.05) is 17.5 Å². The largest absolute Gasteiger partial charge is 0.249 e. The van der Waals surface area contributed by atoms with Crippen LogP contribution in [0.1, 0.15) is 43.0 Å². The molecule has 0 aliphatic heterocycles. The molecule has 0 saturated heterocycles. The topological polar surface area (TPSA) is 12.9 Å². The van der Waals surface area contributed by atoms with Crippen molar-refractivity contribution in [2.75, 3.05) is 0 Å². The Morgan fingerprint density at radius 3 is 2.80 bits per heavy atom. The molecule has 0 radical (unpaired) electrons. The molecule has 1 nitrogen and oxygen atoms in total. The van der Waals surface area contributed by atoms with E-state index in [2.05, 4.69) is 44.0 Å². The van der Waals surface area contributed by atoms with Crippen molar-refractivity contribution >= 4 is 16.9 Å². The molecule has 0 amide bonds. The van der Waals surface area contributed by atoms with Crippen molar-refractivity contribution in [2.45, 2.75) is 33.1 Å². The molecule has 1 unspecified atom stereocenters. The van der Waals surface area contributed by atoms with Gasteiger partial charge in [0, 0.05) is 12.1 Å². The molecular weight excluding hydrogens is 202 g/mol. The molecule has 1 aromatic heterocycles. The van der Waals surface area contributed by atoms with Crippen LogP contribution in [0.3, 0.4) is 0 Å². The summed E-state index contributed by atoms with van der Waals surface area (Å²) in [4.78, 5) is 5.76. The maximum Gasteiger partial charge on any atom is 0.0956 e. The standard InChI is InChI=1S/C13H17NS/c1-9(2)13-14-8-12(15-13)11-6-4-10(3)5-7-11/h4,6-10H,5H2,1-3H3. The smallest absolute Gasteiger partial charge is 0.0956 e. The van der Waals surface area contributed by atoms with Crippen LogP contribution in [0.25, 0.3) is 5.57 Å². The molecule has 80 valence electrons. The lowest BCUT2D eigenvalue weighted by atomic mass is 9.98. The van der Waals surface area contributed by atoms with Crippen molar-refractivity contribution in [3.05, 3.63) is 34.3 Å². The SMILES string of the molecule is CC1C=CC(c2cnc(C(C)C)s2)=CC1. The summed E-state index contributed by atoms with van der Waals surface area (Å²) in [5, 5.41) is 1.23. The van der Waals surface area contributed by atoms with Gasteiger partial charge in [0.25, 0.3) is 0 Å². The first-order valence-corrected chi connectivity index (χ1v) is 6.33. The van der Waals surface area contributed by atoms with E-state index in [1.165, 1.54) is 15.5 Å². The van der Waals surface area contributed by atoms with E-state index < -0.39 is 0 Å². The molecule has 2 rings (SSSR count). The highest BCUT2D eigenvalue weighted by Gasteiger charge is 2.10. The van der Waals surface area contributed by atoms with Gasteiger partial charge in [-0.3, -0.25) is 0 Å². The van der Waals surface area contributed by atoms with E-state index in [0.29, 0.717) is 11.8 Å². The summed E-state index contributed by atoms with van der Waals surface area (Å²) in [6.07, 6.45) is 9.99. The Labute approximate surface area is 95.6 Å². The Balaban J connectivity index is 2.20. The molecule has 0 N–H and O–H groups in total. The van der Waals surface area contributed by atoms with E-state index in [0.717, 1.165) is 6.42 Å². The summed E-state index contributed by atoms with van der Waals surface area (Å²) in [5.41, 5.74) is 1.34. The monoisotopic (exact) mass is 219 g/mol. The van der Waals surface area contributed by atoms with Crippen LogP contribution in [-0.4, -0.2) is 4.98 Å². The summed E-state index contributed by atoms with van der Waals surface area (Å²) in [5.74, 6) is 1.22. The quantitative estimate of drug-likeness (QED) is 0.724. The molecule has 1 heterocycles. The lowest BCUT2D eigenvalue weighted by Crippen LogP contribution is -1.92. The van der Waals surface area contributed by atoms with Crippen molar-refractivity contribution < 1.29 is 0 Å². The van der Waals surface area contributed by atoms with Gasteiger partial charge in [-0.25, -0.2) is 4.98 Å². The van der Waals surface area contributed by atoms with E-state index in [1.54, 1.807) is 0 Å². The average Bonchev–Trinajstić information content (AvgIpc) is 2.68. The maximum atomic E-state index is 4.45. The third-order valence-corrected chi connectivity index (χ3v) is 3.96. The van der Waals surface area contributed by atoms with E-state index in [4.69, 9.17) is 0 Å². The van der Waals surface area contributed by atoms with Gasteiger partial charge in [0.15, 0.2) is 0 Å². The normalized spacial score (nSPS) is 20.8. The van der Waals surface area contributed by atoms with Gasteiger partial charge in [-0.2, -0.15) is 0 Å². The number of allylic oxidation sites excluding steroid dienone is 4. The third-order valence-electron chi connectivity index (χ3n) is 2.62. The zero-order valence-corrected chi connectivity index (χ0v) is 10.3. The van der Waals surface area contributed by atoms with Crippen molar-refractivity contribution in [3.63, 3.8) is 0 Å². The lowest BCUT2D eigenvalue weighted by Gasteiger charge is -2.09. The zero-order chi connectivity index (χ0) is 10.8. The van der Waals surface area contributed by atoms with Gasteiger partial charge in [0.05, 0.1) is 9.88 Å². The number of thiazole rings is 1. The molecule has 0 bridgehead atoms. The molecule has 0 saturated carbocycles. The Kier molecular flexibility index (Phi) is 3.06. The van der Waals surface area contributed by atoms with Crippen LogP contribution in [0, 0.1) is 5.92 Å². The summed E-state index contributed by atoms with van der Waals surface area (Å²) >= 11 is 1.82. The molecule has 1 aliphatic rings. The van der Waals surface area contributed by atoms with Gasteiger partial charge in [-0.05, 0) is 17.9 Å². The fourth-order valence-electron chi connectivity index (χ4n) is 1.60. The predicted molar refractivity (Wildman–Crippen MR) is 67.1 cm³/mol. The van der Waals surface area contributed by atoms with Crippen LogP contribution in [0.15, 0.2) is 24.4 Å². The Morgan fingerprint density at radius 2 is 2.27 bits per heavy atom. The van der Waals surface area contributed by atoms with E-state index in [9.17, 15) is 0 Å². The third kappa shape index (κ3) is 2.37. The highest BCUT2D eigenvalue weighted by molar-refractivity contribution is 7.12. The van der Waals surface area contributed by atoms with Crippen LogP contribution >= 0.6 is 11.3 Å². The number of nitrogens with zero attached hydrogens (tertiary/aromatic N) is 1. The second-order valence-corrected chi connectivity index (χ2v) is 5.51. The van der Waals surface area contributed by atoms with Crippen molar-refractivity contribution in [1.82, 2.24) is 4.98 Å². The molecular formula is C13H17NS. The first-order valence-electron chi connectivity index (χ1n) is 5.51. The van der Waals surface area contributed by atoms with Crippen LogP contribution < -0.4 is 0 Å². The molecule has 0 spiro atoms. The van der Waals surface area contributed by atoms with Gasteiger partial charge >= 0.3 is 0 Å². The minimum atomic E-state index is 0.538. The molecule has 0 aromatic carbocycles. The summed E-state index contributed by atoms with van der Waals surface area (Å²) in [6, 6.07) is 0. The van der Waals surface area contributed by atoms with Crippen molar-refractivity contribution in [1.29, 1.82) is 0 Å². The molecule has 1 atom stereocenters. The van der Waals surface area contributed by atoms with E-state index >= 15 is 0 Å². The number of hydrogen-bond donors (Lipinski definition) is 0. The van der Waals surface area contributed by atoms with Gasteiger partial charge in [-0.15, -0.1) is 11.3 Å².